The van der Waals surface area contributed by atoms with E-state index >= 15 is 0 Å². The van der Waals surface area contributed by atoms with Gasteiger partial charge in [0.25, 0.3) is 0 Å². The number of nitrogens with zero attached hydrogens (tertiary/aromatic N) is 3. The number of oxime groups is 1. The van der Waals surface area contributed by atoms with Crippen molar-refractivity contribution in [2.24, 2.45) is 5.16 Å². The van der Waals surface area contributed by atoms with Gasteiger partial charge in [0.15, 0.2) is 5.60 Å². The van der Waals surface area contributed by atoms with Gasteiger partial charge < -0.3 is 9.74 Å². The van der Waals surface area contributed by atoms with Crippen molar-refractivity contribution < 1.29 is 14.5 Å². The van der Waals surface area contributed by atoms with Gasteiger partial charge >= 0.3 is 6.03 Å². The molecule has 0 bridgehead atoms. The van der Waals surface area contributed by atoms with Crippen LogP contribution in [-0.4, -0.2) is 54.6 Å². The molecular weight excluding hydrogens is 330 g/mol. The van der Waals surface area contributed by atoms with Gasteiger partial charge in [0.1, 0.15) is 5.71 Å². The quantitative estimate of drug-likeness (QED) is 0.579. The minimum atomic E-state index is -0.470. The van der Waals surface area contributed by atoms with Crippen LogP contribution in [0, 0.1) is 11.8 Å². The van der Waals surface area contributed by atoms with Crippen LogP contribution in [0.1, 0.15) is 18.4 Å². The van der Waals surface area contributed by atoms with Crippen LogP contribution < -0.4 is 0 Å². The van der Waals surface area contributed by atoms with Crippen LogP contribution in [0.25, 0.3) is 0 Å². The highest BCUT2D eigenvalue weighted by Gasteiger charge is 2.47. The van der Waals surface area contributed by atoms with Crippen LogP contribution in [0.15, 0.2) is 29.4 Å². The van der Waals surface area contributed by atoms with Gasteiger partial charge in [-0.25, -0.2) is 9.86 Å². The Kier molecular flexibility index (Phi) is 4.65. The van der Waals surface area contributed by atoms with Crippen LogP contribution in [-0.2, 0) is 9.68 Å². The molecule has 2 amide bonds. The Labute approximate surface area is 145 Å². The van der Waals surface area contributed by atoms with E-state index in [0.717, 1.165) is 12.0 Å². The molecule has 2 heterocycles. The van der Waals surface area contributed by atoms with Crippen molar-refractivity contribution in [1.29, 1.82) is 0 Å². The number of amides is 2. The maximum atomic E-state index is 12.1. The molecule has 2 aliphatic rings. The van der Waals surface area contributed by atoms with Gasteiger partial charge in [-0.3, -0.25) is 4.84 Å². The summed E-state index contributed by atoms with van der Waals surface area (Å²) < 4.78 is 0. The van der Waals surface area contributed by atoms with E-state index < -0.39 is 5.60 Å². The number of hydrogen-bond donors (Lipinski definition) is 0. The fraction of sp³-hybridized carbons (Fsp3) is 0.412. The Bertz CT molecular complexity index is 740. The maximum Gasteiger partial charge on any atom is 0.343 e. The van der Waals surface area contributed by atoms with Gasteiger partial charge in [0, 0.05) is 37.0 Å². The molecule has 1 saturated heterocycles. The highest BCUT2D eigenvalue weighted by Crippen LogP contribution is 2.34. The number of halogens is 1. The zero-order valence-corrected chi connectivity index (χ0v) is 14.3. The van der Waals surface area contributed by atoms with Gasteiger partial charge in [-0.05, 0) is 24.1 Å². The molecule has 6 nitrogen and oxygen atoms in total. The second-order valence-corrected chi connectivity index (χ2v) is 6.32. The van der Waals surface area contributed by atoms with Crippen LogP contribution in [0.4, 0.5) is 4.79 Å². The largest absolute Gasteiger partial charge is 0.386 e. The number of benzene rings is 1. The zero-order valence-electron chi connectivity index (χ0n) is 13.6. The summed E-state index contributed by atoms with van der Waals surface area (Å²) >= 11 is 5.95. The van der Waals surface area contributed by atoms with E-state index in [0.29, 0.717) is 30.2 Å². The van der Waals surface area contributed by atoms with Crippen molar-refractivity contribution in [3.63, 3.8) is 0 Å². The third kappa shape index (κ3) is 3.48. The first-order chi connectivity index (χ1) is 11.5. The van der Waals surface area contributed by atoms with E-state index in [9.17, 15) is 4.79 Å². The van der Waals surface area contributed by atoms with Crippen molar-refractivity contribution in [3.8, 4) is 11.8 Å². The van der Waals surface area contributed by atoms with Crippen molar-refractivity contribution in [1.82, 2.24) is 9.96 Å². The molecule has 1 aromatic carbocycles. The molecule has 7 heteroatoms. The topological polar surface area (TPSA) is 54.4 Å². The Morgan fingerprint density at radius 3 is 3.08 bits per heavy atom. The van der Waals surface area contributed by atoms with Crippen molar-refractivity contribution in [2.45, 2.75) is 18.4 Å². The number of urea groups is 1. The number of likely N-dealkylation sites (tertiary alicyclic amines) is 1. The number of rotatable bonds is 1. The van der Waals surface area contributed by atoms with E-state index in [1.165, 1.54) is 12.2 Å². The molecule has 1 aromatic rings. The summed E-state index contributed by atoms with van der Waals surface area (Å²) in [6.07, 6.45) is 1.32. The molecular formula is C17H18ClN3O3. The van der Waals surface area contributed by atoms with Crippen LogP contribution in [0.2, 0.25) is 5.02 Å². The minimum absolute atomic E-state index is 0.184. The third-order valence-corrected chi connectivity index (χ3v) is 4.38. The second-order valence-electron chi connectivity index (χ2n) is 5.88. The molecule has 0 saturated carbocycles. The van der Waals surface area contributed by atoms with Gasteiger partial charge in [-0.1, -0.05) is 28.7 Å². The molecule has 24 heavy (non-hydrogen) atoms. The summed E-state index contributed by atoms with van der Waals surface area (Å²) in [6, 6.07) is 7.17. The van der Waals surface area contributed by atoms with Crippen molar-refractivity contribution in [3.05, 3.63) is 34.9 Å². The predicted octanol–water partition coefficient (Wildman–Crippen LogP) is 2.53. The van der Waals surface area contributed by atoms with Crippen LogP contribution in [0.3, 0.4) is 0 Å². The fourth-order valence-electron chi connectivity index (χ4n) is 2.80. The molecule has 0 aliphatic carbocycles. The van der Waals surface area contributed by atoms with Gasteiger partial charge in [0.2, 0.25) is 0 Å². The molecule has 2 aliphatic heterocycles. The summed E-state index contributed by atoms with van der Waals surface area (Å²) in [6.45, 7) is 1.09. The average molecular weight is 348 g/mol. The molecule has 1 atom stereocenters. The Hall–Kier alpha value is -2.23. The van der Waals surface area contributed by atoms with E-state index in [1.807, 2.05) is 12.1 Å². The average Bonchev–Trinajstić information content (AvgIpc) is 3.19. The highest BCUT2D eigenvalue weighted by molar-refractivity contribution is 6.30. The van der Waals surface area contributed by atoms with Crippen LogP contribution >= 0.6 is 11.6 Å². The molecule has 3 rings (SSSR count). The second kappa shape index (κ2) is 6.71. The standard InChI is InChI=1S/C17H18ClN3O3/c1-20(23-2)16(22)21-9-8-17(12-21)11-15(19-24-17)7-6-13-4-3-5-14(18)10-13/h3-5,10H,8-9,11-12H2,1-2H3. The Balaban J connectivity index is 1.62. The lowest BCUT2D eigenvalue weighted by atomic mass is 9.96. The molecule has 1 spiro atoms. The van der Waals surface area contributed by atoms with Crippen molar-refractivity contribution >= 4 is 23.3 Å². The number of carbonyl (C=O) groups is 1. The Morgan fingerprint density at radius 2 is 2.33 bits per heavy atom. The lowest BCUT2D eigenvalue weighted by Gasteiger charge is -2.24. The number of carbonyl (C=O) groups excluding carboxylic acids is 1. The van der Waals surface area contributed by atoms with Gasteiger partial charge in [-0.15, -0.1) is 0 Å². The van der Waals surface area contributed by atoms with E-state index in [1.54, 1.807) is 24.1 Å². The van der Waals surface area contributed by atoms with Gasteiger partial charge in [0.05, 0.1) is 13.7 Å². The SMILES string of the molecule is CON(C)C(=O)N1CCC2(CC(C#Cc3cccc(Cl)c3)=NO2)C1. The normalized spacial score (nSPS) is 22.0. The smallest absolute Gasteiger partial charge is 0.343 e. The maximum absolute atomic E-state index is 12.1. The minimum Gasteiger partial charge on any atom is -0.386 e. The van der Waals surface area contributed by atoms with Gasteiger partial charge in [-0.2, -0.15) is 0 Å². The zero-order chi connectivity index (χ0) is 17.2. The molecule has 0 radical (unpaired) electrons. The monoisotopic (exact) mass is 347 g/mol. The molecule has 1 unspecified atom stereocenters. The molecule has 126 valence electrons. The van der Waals surface area contributed by atoms with E-state index in [4.69, 9.17) is 21.3 Å². The predicted molar refractivity (Wildman–Crippen MR) is 90.6 cm³/mol. The summed E-state index contributed by atoms with van der Waals surface area (Å²) in [5.41, 5.74) is 1.04. The molecule has 0 aromatic heterocycles. The summed E-state index contributed by atoms with van der Waals surface area (Å²) in [4.78, 5) is 24.4. The first-order valence-corrected chi connectivity index (χ1v) is 7.98. The van der Waals surface area contributed by atoms with Crippen LogP contribution in [0.5, 0.6) is 0 Å². The molecule has 1 fully saturated rings. The van der Waals surface area contributed by atoms with E-state index in [2.05, 4.69) is 17.0 Å². The first kappa shape index (κ1) is 16.6. The third-order valence-electron chi connectivity index (χ3n) is 4.14. The first-order valence-electron chi connectivity index (χ1n) is 7.61. The highest BCUT2D eigenvalue weighted by atomic mass is 35.5. The molecule has 0 N–H and O–H groups in total. The number of hydrogen-bond acceptors (Lipinski definition) is 4. The fourth-order valence-corrected chi connectivity index (χ4v) is 2.99. The van der Waals surface area contributed by atoms with E-state index in [-0.39, 0.29) is 6.03 Å². The summed E-state index contributed by atoms with van der Waals surface area (Å²) in [5, 5.41) is 5.95. The lowest BCUT2D eigenvalue weighted by Crippen LogP contribution is -2.42. The summed E-state index contributed by atoms with van der Waals surface area (Å²) in [7, 11) is 3.05. The van der Waals surface area contributed by atoms with Crippen molar-refractivity contribution in [2.75, 3.05) is 27.2 Å². The summed E-state index contributed by atoms with van der Waals surface area (Å²) in [5.74, 6) is 6.07. The Morgan fingerprint density at radius 1 is 1.50 bits per heavy atom. The number of hydroxylamine groups is 2. The lowest BCUT2D eigenvalue weighted by molar-refractivity contribution is -0.0771.